The van der Waals surface area contributed by atoms with Crippen LogP contribution in [0.25, 0.3) is 0 Å². The van der Waals surface area contributed by atoms with E-state index in [0.717, 1.165) is 15.2 Å². The monoisotopic (exact) mass is 437 g/mol. The molecule has 100 valence electrons. The Bertz CT molecular complexity index is 587. The number of benzene rings is 2. The lowest BCUT2D eigenvalue weighted by atomic mass is 9.98. The Labute approximate surface area is 132 Å². The van der Waals surface area contributed by atoms with E-state index in [1.165, 1.54) is 6.07 Å². The standard InChI is InChI=1S/C14H11BrF2IN/c1-19-14(8-2-4-9(18)5-3-8)10-6-13(17)11(15)7-12(10)16/h2-7,14,19H,1H3. The smallest absolute Gasteiger partial charge is 0.137 e. The molecule has 0 spiro atoms. The Morgan fingerprint density at radius 2 is 1.74 bits per heavy atom. The van der Waals surface area contributed by atoms with Crippen molar-refractivity contribution >= 4 is 38.5 Å². The van der Waals surface area contributed by atoms with E-state index in [0.29, 0.717) is 5.56 Å². The van der Waals surface area contributed by atoms with Gasteiger partial charge in [0.1, 0.15) is 11.6 Å². The number of hydrogen-bond donors (Lipinski definition) is 1. The highest BCUT2D eigenvalue weighted by Gasteiger charge is 2.18. The van der Waals surface area contributed by atoms with E-state index < -0.39 is 11.6 Å². The molecular formula is C14H11BrF2IN. The summed E-state index contributed by atoms with van der Waals surface area (Å²) in [6.45, 7) is 0. The minimum atomic E-state index is -0.470. The third-order valence-corrected chi connectivity index (χ3v) is 4.17. The predicted octanol–water partition coefficient (Wildman–Crippen LogP) is 4.64. The van der Waals surface area contributed by atoms with Gasteiger partial charge >= 0.3 is 0 Å². The van der Waals surface area contributed by atoms with Crippen molar-refractivity contribution in [3.05, 3.63) is 67.2 Å². The Balaban J connectivity index is 2.47. The minimum absolute atomic E-state index is 0.131. The lowest BCUT2D eigenvalue weighted by molar-refractivity contribution is 0.554. The number of nitrogens with one attached hydrogen (secondary N) is 1. The molecule has 0 radical (unpaired) electrons. The van der Waals surface area contributed by atoms with Gasteiger partial charge < -0.3 is 5.32 Å². The molecule has 2 aromatic rings. The van der Waals surface area contributed by atoms with Crippen LogP contribution in [0.1, 0.15) is 17.2 Å². The van der Waals surface area contributed by atoms with Crippen molar-refractivity contribution in [1.29, 1.82) is 0 Å². The third kappa shape index (κ3) is 3.32. The Kier molecular flexibility index (Phi) is 4.92. The molecule has 0 amide bonds. The van der Waals surface area contributed by atoms with Crippen LogP contribution < -0.4 is 5.32 Å². The second-order valence-electron chi connectivity index (χ2n) is 4.06. The van der Waals surface area contributed by atoms with Crippen molar-refractivity contribution in [3.63, 3.8) is 0 Å². The molecule has 2 aromatic carbocycles. The van der Waals surface area contributed by atoms with Gasteiger partial charge in [-0.25, -0.2) is 8.78 Å². The van der Waals surface area contributed by atoms with Crippen LogP contribution in [0.15, 0.2) is 40.9 Å². The molecular weight excluding hydrogens is 427 g/mol. The molecule has 0 heterocycles. The zero-order valence-electron chi connectivity index (χ0n) is 10.1. The number of hydrogen-bond acceptors (Lipinski definition) is 1. The van der Waals surface area contributed by atoms with Crippen molar-refractivity contribution in [2.75, 3.05) is 7.05 Å². The van der Waals surface area contributed by atoms with Gasteiger partial charge in [-0.15, -0.1) is 0 Å². The quantitative estimate of drug-likeness (QED) is 0.544. The molecule has 0 aliphatic heterocycles. The molecule has 1 N–H and O–H groups in total. The number of rotatable bonds is 3. The summed E-state index contributed by atoms with van der Waals surface area (Å²) in [5.74, 6) is -0.909. The van der Waals surface area contributed by atoms with Crippen molar-refractivity contribution in [3.8, 4) is 0 Å². The third-order valence-electron chi connectivity index (χ3n) is 2.84. The normalized spacial score (nSPS) is 12.5. The van der Waals surface area contributed by atoms with Gasteiger partial charge in [-0.1, -0.05) is 12.1 Å². The molecule has 0 fully saturated rings. The summed E-state index contributed by atoms with van der Waals surface area (Å²) in [5.41, 5.74) is 1.19. The first-order valence-electron chi connectivity index (χ1n) is 5.60. The van der Waals surface area contributed by atoms with E-state index >= 15 is 0 Å². The first-order valence-corrected chi connectivity index (χ1v) is 7.47. The minimum Gasteiger partial charge on any atom is -0.309 e. The zero-order valence-corrected chi connectivity index (χ0v) is 13.8. The molecule has 5 heteroatoms. The van der Waals surface area contributed by atoms with E-state index in [1.807, 2.05) is 24.3 Å². The van der Waals surface area contributed by atoms with Gasteiger partial charge in [0.15, 0.2) is 0 Å². The van der Waals surface area contributed by atoms with Crippen LogP contribution >= 0.6 is 38.5 Å². The summed E-state index contributed by atoms with van der Waals surface area (Å²) in [6, 6.07) is 9.69. The maximum Gasteiger partial charge on any atom is 0.137 e. The van der Waals surface area contributed by atoms with Gasteiger partial charge in [0.2, 0.25) is 0 Å². The van der Waals surface area contributed by atoms with E-state index in [1.54, 1.807) is 7.05 Å². The van der Waals surface area contributed by atoms with Crippen LogP contribution in [0, 0.1) is 15.2 Å². The summed E-state index contributed by atoms with van der Waals surface area (Å²) in [7, 11) is 1.72. The van der Waals surface area contributed by atoms with E-state index in [4.69, 9.17) is 0 Å². The fourth-order valence-corrected chi connectivity index (χ4v) is 2.59. The summed E-state index contributed by atoms with van der Waals surface area (Å²) in [4.78, 5) is 0. The second-order valence-corrected chi connectivity index (χ2v) is 6.16. The van der Waals surface area contributed by atoms with Gasteiger partial charge in [0.25, 0.3) is 0 Å². The molecule has 1 atom stereocenters. The lowest BCUT2D eigenvalue weighted by Crippen LogP contribution is -2.19. The molecule has 1 unspecified atom stereocenters. The van der Waals surface area contributed by atoms with Gasteiger partial charge in [0.05, 0.1) is 10.5 Å². The maximum absolute atomic E-state index is 14.0. The number of halogens is 4. The summed E-state index contributed by atoms with van der Waals surface area (Å²) >= 11 is 5.18. The van der Waals surface area contributed by atoms with Crippen LogP contribution in [-0.4, -0.2) is 7.05 Å². The van der Waals surface area contributed by atoms with E-state index in [-0.39, 0.29) is 10.5 Å². The van der Waals surface area contributed by atoms with Crippen LogP contribution in [0.5, 0.6) is 0 Å². The van der Waals surface area contributed by atoms with Crippen molar-refractivity contribution in [2.45, 2.75) is 6.04 Å². The van der Waals surface area contributed by atoms with Crippen LogP contribution in [0.3, 0.4) is 0 Å². The molecule has 0 aliphatic carbocycles. The highest BCUT2D eigenvalue weighted by Crippen LogP contribution is 2.28. The molecule has 19 heavy (non-hydrogen) atoms. The van der Waals surface area contributed by atoms with E-state index in [2.05, 4.69) is 43.8 Å². The first kappa shape index (κ1) is 14.9. The summed E-state index contributed by atoms with van der Waals surface area (Å²) in [5, 5.41) is 3.02. The average molecular weight is 438 g/mol. The molecule has 1 nitrogen and oxygen atoms in total. The summed E-state index contributed by atoms with van der Waals surface area (Å²) < 4.78 is 28.8. The first-order chi connectivity index (χ1) is 9.02. The van der Waals surface area contributed by atoms with Crippen molar-refractivity contribution in [2.24, 2.45) is 0 Å². The SMILES string of the molecule is CNC(c1ccc(I)cc1)c1cc(F)c(Br)cc1F. The molecule has 0 saturated carbocycles. The Morgan fingerprint density at radius 1 is 1.11 bits per heavy atom. The van der Waals surface area contributed by atoms with Crippen LogP contribution in [0.4, 0.5) is 8.78 Å². The van der Waals surface area contributed by atoms with E-state index in [9.17, 15) is 8.78 Å². The maximum atomic E-state index is 14.0. The molecule has 0 aliphatic rings. The van der Waals surface area contributed by atoms with Crippen molar-refractivity contribution < 1.29 is 8.78 Å². The van der Waals surface area contributed by atoms with Gasteiger partial charge in [0, 0.05) is 9.13 Å². The highest BCUT2D eigenvalue weighted by molar-refractivity contribution is 14.1. The zero-order chi connectivity index (χ0) is 14.0. The molecule has 2 rings (SSSR count). The topological polar surface area (TPSA) is 12.0 Å². The van der Waals surface area contributed by atoms with Gasteiger partial charge in [-0.05, 0) is 75.4 Å². The largest absolute Gasteiger partial charge is 0.309 e. The molecule has 0 bridgehead atoms. The van der Waals surface area contributed by atoms with Gasteiger partial charge in [-0.2, -0.15) is 0 Å². The fourth-order valence-electron chi connectivity index (χ4n) is 1.92. The summed E-state index contributed by atoms with van der Waals surface area (Å²) in [6.07, 6.45) is 0. The van der Waals surface area contributed by atoms with Crippen LogP contribution in [0.2, 0.25) is 0 Å². The second kappa shape index (κ2) is 6.28. The predicted molar refractivity (Wildman–Crippen MR) is 84.1 cm³/mol. The fraction of sp³-hybridized carbons (Fsp3) is 0.143. The highest BCUT2D eigenvalue weighted by atomic mass is 127. The molecule has 0 saturated heterocycles. The molecule has 0 aromatic heterocycles. The van der Waals surface area contributed by atoms with Crippen molar-refractivity contribution in [1.82, 2.24) is 5.32 Å². The Morgan fingerprint density at radius 3 is 2.32 bits per heavy atom. The lowest BCUT2D eigenvalue weighted by Gasteiger charge is -2.18. The average Bonchev–Trinajstić information content (AvgIpc) is 2.38. The van der Waals surface area contributed by atoms with Crippen LogP contribution in [-0.2, 0) is 0 Å². The van der Waals surface area contributed by atoms with Gasteiger partial charge in [-0.3, -0.25) is 0 Å². The Hall–Kier alpha value is -0.530.